The number of rotatable bonds is 7. The summed E-state index contributed by atoms with van der Waals surface area (Å²) >= 11 is 0. The van der Waals surface area contributed by atoms with Crippen molar-refractivity contribution in [3.05, 3.63) is 64.5 Å². The molecule has 1 fully saturated rings. The molecular weight excluding hydrogens is 566 g/mol. The average Bonchev–Trinajstić information content (AvgIpc) is 2.91. The molecule has 0 radical (unpaired) electrons. The highest BCUT2D eigenvalue weighted by Crippen LogP contribution is 2.36. The molecule has 15 heteroatoms. The van der Waals surface area contributed by atoms with Gasteiger partial charge in [-0.2, -0.15) is 4.98 Å². The first kappa shape index (κ1) is 28.4. The van der Waals surface area contributed by atoms with E-state index in [9.17, 15) is 17.6 Å². The van der Waals surface area contributed by atoms with Crippen LogP contribution in [-0.4, -0.2) is 59.5 Å². The normalized spacial score (nSPS) is 17.5. The van der Waals surface area contributed by atoms with Crippen LogP contribution in [0.4, 0.5) is 29.3 Å². The van der Waals surface area contributed by atoms with Gasteiger partial charge in [-0.3, -0.25) is 14.1 Å². The smallest absolute Gasteiger partial charge is 0.260 e. The van der Waals surface area contributed by atoms with Crippen LogP contribution in [0.2, 0.25) is 0 Å². The van der Waals surface area contributed by atoms with Gasteiger partial charge in [0.05, 0.1) is 17.4 Å². The second-order valence-corrected chi connectivity index (χ2v) is 11.3. The van der Waals surface area contributed by atoms with Crippen molar-refractivity contribution >= 4 is 32.8 Å². The Bertz CT molecular complexity index is 1820. The summed E-state index contributed by atoms with van der Waals surface area (Å²) in [5.74, 6) is -4.62. The monoisotopic (exact) mass is 591 g/mol. The number of hydrogen-bond acceptors (Lipinski definition) is 8. The molecule has 3 N–H and O–H groups in total. The lowest BCUT2D eigenvalue weighted by Gasteiger charge is -2.26. The van der Waals surface area contributed by atoms with Gasteiger partial charge in [-0.25, -0.2) is 35.9 Å². The van der Waals surface area contributed by atoms with Crippen LogP contribution in [0.25, 0.3) is 33.3 Å². The Hall–Kier alpha value is -4.11. The highest BCUT2D eigenvalue weighted by molar-refractivity contribution is 7.92. The van der Waals surface area contributed by atoms with E-state index in [4.69, 9.17) is 0 Å². The van der Waals surface area contributed by atoms with Crippen molar-refractivity contribution in [2.75, 3.05) is 29.4 Å². The lowest BCUT2D eigenvalue weighted by molar-refractivity contribution is 0.254. The third-order valence-electron chi connectivity index (χ3n) is 6.58. The minimum absolute atomic E-state index is 0.0953. The van der Waals surface area contributed by atoms with E-state index in [-0.39, 0.29) is 48.3 Å². The summed E-state index contributed by atoms with van der Waals surface area (Å²) in [6, 6.07) is 4.13. The van der Waals surface area contributed by atoms with Gasteiger partial charge in [-0.15, -0.1) is 0 Å². The Morgan fingerprint density at radius 1 is 1.10 bits per heavy atom. The fraction of sp³-hybridized carbons (Fsp3) is 0.308. The van der Waals surface area contributed by atoms with E-state index in [0.29, 0.717) is 18.0 Å². The van der Waals surface area contributed by atoms with E-state index >= 15 is 13.2 Å². The third-order valence-corrected chi connectivity index (χ3v) is 7.15. The number of anilines is 2. The molecule has 1 aliphatic heterocycles. The zero-order chi connectivity index (χ0) is 29.5. The van der Waals surface area contributed by atoms with Gasteiger partial charge in [0.25, 0.3) is 5.56 Å². The van der Waals surface area contributed by atoms with Crippen LogP contribution >= 0.6 is 0 Å². The Morgan fingerprint density at radius 2 is 1.88 bits per heavy atom. The van der Waals surface area contributed by atoms with Gasteiger partial charge in [-0.1, -0.05) is 0 Å². The van der Waals surface area contributed by atoms with Crippen molar-refractivity contribution in [3.63, 3.8) is 0 Å². The molecule has 3 aromatic heterocycles. The molecule has 216 valence electrons. The molecule has 4 aromatic rings. The van der Waals surface area contributed by atoms with Crippen molar-refractivity contribution in [2.45, 2.75) is 32.1 Å². The molecule has 0 unspecified atom stereocenters. The molecule has 1 aliphatic rings. The van der Waals surface area contributed by atoms with E-state index in [1.165, 1.54) is 35.2 Å². The number of fused-ring (bicyclic) bond motifs is 1. The van der Waals surface area contributed by atoms with E-state index in [2.05, 4.69) is 30.3 Å². The number of aromatic nitrogens is 4. The van der Waals surface area contributed by atoms with Crippen LogP contribution in [0.3, 0.4) is 0 Å². The van der Waals surface area contributed by atoms with E-state index in [0.717, 1.165) is 6.26 Å². The van der Waals surface area contributed by atoms with Gasteiger partial charge in [-0.05, 0) is 31.2 Å². The quantitative estimate of drug-likeness (QED) is 0.220. The predicted octanol–water partition coefficient (Wildman–Crippen LogP) is 3.44. The average molecular weight is 592 g/mol. The maximum Gasteiger partial charge on any atom is 0.260 e. The summed E-state index contributed by atoms with van der Waals surface area (Å²) in [5.41, 5.74) is -2.70. The first-order chi connectivity index (χ1) is 19.5. The number of benzene rings is 1. The second-order valence-electron chi connectivity index (χ2n) is 9.60. The maximum atomic E-state index is 15.5. The standard InChI is InChI=1S/C26H25F4N7O3S/c1-3-37-24-13(10-33-26(35-24)34-15-8-14(27)11-31-12-15)7-18(25(37)38)17-9-19(28)20(22(30)21(17)29)16-5-4-6-32-23(16)36-41(2,39)40/h4-7,9-10,14-15,31H,3,8,11-12H2,1-2H3,(H,32,36)(H,33,34,35)/t14-,15-/m0/s1. The molecule has 0 aliphatic carbocycles. The Kier molecular flexibility index (Phi) is 7.66. The number of aryl methyl sites for hydroxylation is 1. The first-order valence-electron chi connectivity index (χ1n) is 12.6. The van der Waals surface area contributed by atoms with Crippen LogP contribution in [0, 0.1) is 17.5 Å². The minimum atomic E-state index is -3.87. The maximum absolute atomic E-state index is 15.5. The molecule has 0 spiro atoms. The minimum Gasteiger partial charge on any atom is -0.350 e. The highest BCUT2D eigenvalue weighted by Gasteiger charge is 2.26. The van der Waals surface area contributed by atoms with Crippen LogP contribution in [0.15, 0.2) is 41.5 Å². The number of alkyl halides is 1. The van der Waals surface area contributed by atoms with Crippen LogP contribution in [0.1, 0.15) is 13.3 Å². The van der Waals surface area contributed by atoms with E-state index in [1.807, 2.05) is 0 Å². The number of piperidine rings is 1. The lowest BCUT2D eigenvalue weighted by atomic mass is 9.98. The fourth-order valence-corrected chi connectivity index (χ4v) is 5.31. The number of nitrogens with one attached hydrogen (secondary N) is 3. The highest BCUT2D eigenvalue weighted by atomic mass is 32.2. The zero-order valence-electron chi connectivity index (χ0n) is 21.9. The van der Waals surface area contributed by atoms with Crippen molar-refractivity contribution in [2.24, 2.45) is 0 Å². The summed E-state index contributed by atoms with van der Waals surface area (Å²) in [4.78, 5) is 25.9. The number of nitrogens with zero attached hydrogens (tertiary/aromatic N) is 4. The molecule has 10 nitrogen and oxygen atoms in total. The second kappa shape index (κ2) is 11.0. The molecule has 5 rings (SSSR count). The summed E-state index contributed by atoms with van der Waals surface area (Å²) in [6.07, 6.45) is 2.63. The molecule has 0 saturated carbocycles. The van der Waals surface area contributed by atoms with Crippen molar-refractivity contribution < 1.29 is 26.0 Å². The number of hydrogen-bond donors (Lipinski definition) is 3. The molecule has 1 aromatic carbocycles. The van der Waals surface area contributed by atoms with Gasteiger partial charge in [0.1, 0.15) is 23.5 Å². The summed E-state index contributed by atoms with van der Waals surface area (Å²) in [6.45, 7) is 2.50. The van der Waals surface area contributed by atoms with Crippen LogP contribution < -0.4 is 20.9 Å². The van der Waals surface area contributed by atoms with Crippen LogP contribution in [0.5, 0.6) is 0 Å². The Balaban J connectivity index is 1.60. The predicted molar refractivity (Wildman–Crippen MR) is 146 cm³/mol. The molecule has 0 amide bonds. The third kappa shape index (κ3) is 5.72. The summed E-state index contributed by atoms with van der Waals surface area (Å²) < 4.78 is 86.9. The van der Waals surface area contributed by atoms with Crippen molar-refractivity contribution in [3.8, 4) is 22.3 Å². The molecular formula is C26H25F4N7O3S. The largest absolute Gasteiger partial charge is 0.350 e. The molecule has 1 saturated heterocycles. The summed E-state index contributed by atoms with van der Waals surface area (Å²) in [5, 5.41) is 6.30. The SMILES string of the molecule is CCn1c(=O)c(-c2cc(F)c(-c3cccnc3NS(C)(=O)=O)c(F)c2F)cc2cnc(N[C@@H]3CNC[C@@H](F)C3)nc21. The zero-order valence-corrected chi connectivity index (χ0v) is 22.7. The van der Waals surface area contributed by atoms with Crippen LogP contribution in [-0.2, 0) is 16.6 Å². The Labute approximate surface area is 231 Å². The lowest BCUT2D eigenvalue weighted by Crippen LogP contribution is -2.44. The molecule has 41 heavy (non-hydrogen) atoms. The van der Waals surface area contributed by atoms with E-state index < -0.39 is 56.2 Å². The fourth-order valence-electron chi connectivity index (χ4n) is 4.80. The topological polar surface area (TPSA) is 131 Å². The molecule has 2 atom stereocenters. The Morgan fingerprint density at radius 3 is 2.59 bits per heavy atom. The number of sulfonamides is 1. The van der Waals surface area contributed by atoms with E-state index in [1.54, 1.807) is 6.92 Å². The number of pyridine rings is 2. The van der Waals surface area contributed by atoms with Gasteiger partial charge in [0.15, 0.2) is 11.6 Å². The van der Waals surface area contributed by atoms with Crippen molar-refractivity contribution in [1.29, 1.82) is 0 Å². The molecule has 4 heterocycles. The number of halogens is 4. The first-order valence-corrected chi connectivity index (χ1v) is 14.5. The van der Waals surface area contributed by atoms with Gasteiger partial charge < -0.3 is 10.6 Å². The van der Waals surface area contributed by atoms with Gasteiger partial charge >= 0.3 is 0 Å². The van der Waals surface area contributed by atoms with Gasteiger partial charge in [0.2, 0.25) is 16.0 Å². The van der Waals surface area contributed by atoms with Gasteiger partial charge in [0, 0.05) is 61.0 Å². The molecule has 0 bridgehead atoms. The summed E-state index contributed by atoms with van der Waals surface area (Å²) in [7, 11) is -3.87. The van der Waals surface area contributed by atoms with Crippen molar-refractivity contribution in [1.82, 2.24) is 24.8 Å².